The minimum atomic E-state index is -0.690. The number of aryl methyl sites for hydroxylation is 1. The molecule has 1 aromatic heterocycles. The van der Waals surface area contributed by atoms with E-state index in [1.54, 1.807) is 6.92 Å². The number of H-pyrrole nitrogens is 1. The number of aromatic nitrogens is 2. The van der Waals surface area contributed by atoms with Crippen molar-refractivity contribution in [1.29, 1.82) is 0 Å². The summed E-state index contributed by atoms with van der Waals surface area (Å²) >= 11 is 0. The average molecular weight is 254 g/mol. The van der Waals surface area contributed by atoms with E-state index in [0.717, 1.165) is 0 Å². The fourth-order valence-corrected chi connectivity index (χ4v) is 1.34. The van der Waals surface area contributed by atoms with Crippen LogP contribution < -0.4 is 5.56 Å². The van der Waals surface area contributed by atoms with Crippen LogP contribution in [0.25, 0.3) is 0 Å². The summed E-state index contributed by atoms with van der Waals surface area (Å²) in [5, 5.41) is 0. The van der Waals surface area contributed by atoms with Gasteiger partial charge >= 0.3 is 5.97 Å². The molecule has 1 heterocycles. The third kappa shape index (κ3) is 3.66. The van der Waals surface area contributed by atoms with E-state index in [2.05, 4.69) is 14.7 Å². The van der Waals surface area contributed by atoms with E-state index in [9.17, 15) is 9.59 Å². The molecule has 0 unspecified atom stereocenters. The maximum Gasteiger partial charge on any atom is 0.345 e. The molecule has 18 heavy (non-hydrogen) atoms. The van der Waals surface area contributed by atoms with Gasteiger partial charge in [0.05, 0.1) is 18.4 Å². The van der Waals surface area contributed by atoms with Gasteiger partial charge in [0.25, 0.3) is 5.56 Å². The number of nitrogens with zero attached hydrogens (tertiary/aromatic N) is 1. The van der Waals surface area contributed by atoms with Gasteiger partial charge in [-0.25, -0.2) is 9.78 Å². The van der Waals surface area contributed by atoms with Crippen molar-refractivity contribution in [2.45, 2.75) is 39.9 Å². The van der Waals surface area contributed by atoms with Crippen LogP contribution in [0.15, 0.2) is 4.79 Å². The second-order valence-electron chi connectivity index (χ2n) is 4.87. The summed E-state index contributed by atoms with van der Waals surface area (Å²) in [5.41, 5.74) is -0.579. The van der Waals surface area contributed by atoms with Gasteiger partial charge in [0, 0.05) is 0 Å². The minimum Gasteiger partial charge on any atom is -0.465 e. The highest BCUT2D eigenvalue weighted by atomic mass is 16.5. The zero-order valence-electron chi connectivity index (χ0n) is 11.3. The molecule has 0 aliphatic heterocycles. The first-order valence-corrected chi connectivity index (χ1v) is 5.56. The van der Waals surface area contributed by atoms with E-state index in [1.807, 2.05) is 20.8 Å². The predicted molar refractivity (Wildman–Crippen MR) is 65.5 cm³/mol. The summed E-state index contributed by atoms with van der Waals surface area (Å²) < 4.78 is 10.0. The van der Waals surface area contributed by atoms with Gasteiger partial charge in [-0.2, -0.15) is 0 Å². The van der Waals surface area contributed by atoms with Crippen molar-refractivity contribution in [3.8, 4) is 0 Å². The molecule has 0 aromatic carbocycles. The molecule has 0 bridgehead atoms. The van der Waals surface area contributed by atoms with Crippen molar-refractivity contribution in [2.75, 3.05) is 7.11 Å². The second-order valence-corrected chi connectivity index (χ2v) is 4.87. The Morgan fingerprint density at radius 1 is 1.39 bits per heavy atom. The number of methoxy groups -OCH3 is 1. The first-order chi connectivity index (χ1) is 8.24. The zero-order valence-corrected chi connectivity index (χ0v) is 11.3. The molecule has 0 radical (unpaired) electrons. The van der Waals surface area contributed by atoms with Gasteiger partial charge in [-0.15, -0.1) is 0 Å². The van der Waals surface area contributed by atoms with Gasteiger partial charge in [0.15, 0.2) is 0 Å². The standard InChI is InChI=1S/C12H18N2O4/c1-7-9(11(16)17-5)10(15)14-8(13-7)6-18-12(2,3)4/h6H2,1-5H3,(H,13,14,15). The molecular formula is C12H18N2O4. The van der Waals surface area contributed by atoms with Crippen LogP contribution in [0, 0.1) is 6.92 Å². The average Bonchev–Trinajstić information content (AvgIpc) is 2.24. The number of aromatic amines is 1. The van der Waals surface area contributed by atoms with E-state index < -0.39 is 11.5 Å². The van der Waals surface area contributed by atoms with Gasteiger partial charge < -0.3 is 14.5 Å². The van der Waals surface area contributed by atoms with Crippen LogP contribution in [0.4, 0.5) is 0 Å². The van der Waals surface area contributed by atoms with E-state index in [1.165, 1.54) is 7.11 Å². The number of nitrogens with one attached hydrogen (secondary N) is 1. The normalized spacial score (nSPS) is 11.4. The summed E-state index contributed by atoms with van der Waals surface area (Å²) in [4.78, 5) is 29.7. The molecule has 0 fully saturated rings. The van der Waals surface area contributed by atoms with Crippen molar-refractivity contribution in [3.63, 3.8) is 0 Å². The predicted octanol–water partition coefficient (Wildman–Crippen LogP) is 1.18. The molecule has 0 spiro atoms. The fraction of sp³-hybridized carbons (Fsp3) is 0.583. The first-order valence-electron chi connectivity index (χ1n) is 5.56. The Kier molecular flexibility index (Phi) is 4.24. The first kappa shape index (κ1) is 14.4. The third-order valence-electron chi connectivity index (χ3n) is 2.18. The fourth-order valence-electron chi connectivity index (χ4n) is 1.34. The van der Waals surface area contributed by atoms with Crippen LogP contribution in [-0.2, 0) is 16.1 Å². The lowest BCUT2D eigenvalue weighted by Crippen LogP contribution is -2.26. The molecule has 6 heteroatoms. The lowest BCUT2D eigenvalue weighted by Gasteiger charge is -2.19. The van der Waals surface area contributed by atoms with Crippen LogP contribution >= 0.6 is 0 Å². The Morgan fingerprint density at radius 2 is 2.00 bits per heavy atom. The van der Waals surface area contributed by atoms with Crippen molar-refractivity contribution in [3.05, 3.63) is 27.4 Å². The molecule has 100 valence electrons. The second kappa shape index (κ2) is 5.30. The Hall–Kier alpha value is -1.69. The molecule has 0 saturated carbocycles. The van der Waals surface area contributed by atoms with Crippen LogP contribution in [0.3, 0.4) is 0 Å². The van der Waals surface area contributed by atoms with Gasteiger partial charge in [0.1, 0.15) is 18.0 Å². The van der Waals surface area contributed by atoms with Crippen molar-refractivity contribution in [2.24, 2.45) is 0 Å². The number of esters is 1. The van der Waals surface area contributed by atoms with E-state index in [4.69, 9.17) is 4.74 Å². The number of carbonyl (C=O) groups excluding carboxylic acids is 1. The molecule has 1 aromatic rings. The highest BCUT2D eigenvalue weighted by Crippen LogP contribution is 2.09. The monoisotopic (exact) mass is 254 g/mol. The van der Waals surface area contributed by atoms with Crippen molar-refractivity contribution in [1.82, 2.24) is 9.97 Å². The Labute approximate surface area is 105 Å². The SMILES string of the molecule is COC(=O)c1c(C)nc(COC(C)(C)C)[nH]c1=O. The topological polar surface area (TPSA) is 81.3 Å². The molecular weight excluding hydrogens is 236 g/mol. The van der Waals surface area contributed by atoms with Gasteiger partial charge in [-0.05, 0) is 27.7 Å². The summed E-state index contributed by atoms with van der Waals surface area (Å²) in [6, 6.07) is 0. The third-order valence-corrected chi connectivity index (χ3v) is 2.18. The van der Waals surface area contributed by atoms with Crippen LogP contribution in [-0.4, -0.2) is 28.6 Å². The highest BCUT2D eigenvalue weighted by molar-refractivity contribution is 5.89. The summed E-state index contributed by atoms with van der Waals surface area (Å²) in [5.74, 6) is -0.301. The number of carbonyl (C=O) groups is 1. The summed E-state index contributed by atoms with van der Waals surface area (Å²) in [7, 11) is 1.22. The maximum absolute atomic E-state index is 11.7. The summed E-state index contributed by atoms with van der Waals surface area (Å²) in [6.45, 7) is 7.48. The number of hydrogen-bond donors (Lipinski definition) is 1. The molecule has 0 amide bonds. The Morgan fingerprint density at radius 3 is 2.44 bits per heavy atom. The van der Waals surface area contributed by atoms with Crippen LogP contribution in [0.2, 0.25) is 0 Å². The number of hydrogen-bond acceptors (Lipinski definition) is 5. The largest absolute Gasteiger partial charge is 0.465 e. The molecule has 6 nitrogen and oxygen atoms in total. The molecule has 0 atom stereocenters. The quantitative estimate of drug-likeness (QED) is 0.819. The number of rotatable bonds is 3. The Bertz CT molecular complexity index is 500. The smallest absolute Gasteiger partial charge is 0.345 e. The van der Waals surface area contributed by atoms with E-state index >= 15 is 0 Å². The lowest BCUT2D eigenvalue weighted by atomic mass is 10.2. The van der Waals surface area contributed by atoms with E-state index in [-0.39, 0.29) is 17.8 Å². The minimum absolute atomic E-state index is 0.0722. The van der Waals surface area contributed by atoms with E-state index in [0.29, 0.717) is 11.5 Å². The van der Waals surface area contributed by atoms with Crippen LogP contribution in [0.5, 0.6) is 0 Å². The van der Waals surface area contributed by atoms with Gasteiger partial charge in [-0.3, -0.25) is 4.79 Å². The molecule has 1 N–H and O–H groups in total. The highest BCUT2D eigenvalue weighted by Gasteiger charge is 2.17. The Balaban J connectivity index is 3.00. The van der Waals surface area contributed by atoms with Crippen molar-refractivity contribution >= 4 is 5.97 Å². The zero-order chi connectivity index (χ0) is 13.9. The van der Waals surface area contributed by atoms with Gasteiger partial charge in [0.2, 0.25) is 0 Å². The molecule has 0 aliphatic rings. The van der Waals surface area contributed by atoms with Gasteiger partial charge in [-0.1, -0.05) is 0 Å². The number of ether oxygens (including phenoxy) is 2. The van der Waals surface area contributed by atoms with Crippen LogP contribution in [0.1, 0.15) is 42.6 Å². The molecule has 0 aliphatic carbocycles. The molecule has 1 rings (SSSR count). The molecule has 0 saturated heterocycles. The van der Waals surface area contributed by atoms with Crippen molar-refractivity contribution < 1.29 is 14.3 Å². The lowest BCUT2D eigenvalue weighted by molar-refractivity contribution is -0.0183. The maximum atomic E-state index is 11.7. The summed E-state index contributed by atoms with van der Waals surface area (Å²) in [6.07, 6.45) is 0.